The highest BCUT2D eigenvalue weighted by Crippen LogP contribution is 2.46. The Bertz CT molecular complexity index is 1400. The summed E-state index contributed by atoms with van der Waals surface area (Å²) in [5, 5.41) is 31.9. The van der Waals surface area contributed by atoms with Gasteiger partial charge in [0.25, 0.3) is 0 Å². The van der Waals surface area contributed by atoms with E-state index in [4.69, 9.17) is 12.6 Å². The van der Waals surface area contributed by atoms with Crippen LogP contribution in [0.4, 0.5) is 10.1 Å². The number of aliphatic hydroxyl groups excluding tert-OH is 1. The van der Waals surface area contributed by atoms with Gasteiger partial charge in [0, 0.05) is 17.3 Å². The normalized spacial score (nSPS) is 20.3. The van der Waals surface area contributed by atoms with Gasteiger partial charge in [0.1, 0.15) is 22.8 Å². The molecule has 0 saturated carbocycles. The maximum atomic E-state index is 13.3. The van der Waals surface area contributed by atoms with Crippen LogP contribution in [-0.2, 0) is 0 Å². The van der Waals surface area contributed by atoms with Crippen LogP contribution in [-0.4, -0.2) is 38.8 Å². The van der Waals surface area contributed by atoms with Gasteiger partial charge < -0.3 is 20.2 Å². The molecule has 0 radical (unpaired) electrons. The zero-order chi connectivity index (χ0) is 27.5. The summed E-state index contributed by atoms with van der Waals surface area (Å²) in [7, 11) is 2.03. The first-order valence-corrected chi connectivity index (χ1v) is 13.6. The molecule has 1 heterocycles. The fourth-order valence-electron chi connectivity index (χ4n) is 5.56. The molecule has 0 aromatic heterocycles. The quantitative estimate of drug-likeness (QED) is 0.182. The van der Waals surface area contributed by atoms with Crippen molar-refractivity contribution >= 4 is 18.3 Å². The van der Waals surface area contributed by atoms with Gasteiger partial charge in [-0.05, 0) is 85.5 Å². The third-order valence-electron chi connectivity index (χ3n) is 7.62. The molecule has 0 aliphatic carbocycles. The number of thiol groups is 1. The number of likely N-dealkylation sites (N-methyl/N-ethyl adjacent to an activating group) is 1. The lowest BCUT2D eigenvalue weighted by Gasteiger charge is -2.31. The highest BCUT2D eigenvalue weighted by atomic mass is 32.1. The summed E-state index contributed by atoms with van der Waals surface area (Å²) in [6.07, 6.45) is 1.35. The number of rotatable bonds is 8. The largest absolute Gasteiger partial charge is 0.508 e. The number of nitrogens with zero attached hydrogens (tertiary/aromatic N) is 2. The number of aliphatic hydroxyl groups is 1. The molecule has 202 valence electrons. The summed E-state index contributed by atoms with van der Waals surface area (Å²) in [4.78, 5) is 4.42. The third-order valence-corrected chi connectivity index (χ3v) is 8.23. The summed E-state index contributed by atoms with van der Waals surface area (Å²) < 4.78 is 13.3. The molecule has 3 N–H and O–H groups in total. The van der Waals surface area contributed by atoms with Crippen molar-refractivity contribution in [3.8, 4) is 22.6 Å². The zero-order valence-electron chi connectivity index (χ0n) is 21.7. The lowest BCUT2D eigenvalue weighted by molar-refractivity contribution is 0.157. The smallest absolute Gasteiger partial charge is 0.128 e. The molecule has 39 heavy (non-hydrogen) atoms. The second-order valence-corrected chi connectivity index (χ2v) is 10.6. The molecular formula is C32H33FN2O3S. The minimum Gasteiger partial charge on any atom is -0.508 e. The number of aromatic hydroxyl groups is 2. The van der Waals surface area contributed by atoms with Crippen LogP contribution < -0.4 is 4.90 Å². The predicted octanol–water partition coefficient (Wildman–Crippen LogP) is 6.88. The molecule has 1 aliphatic rings. The van der Waals surface area contributed by atoms with Gasteiger partial charge in [-0.2, -0.15) is 0 Å². The molecule has 1 saturated heterocycles. The first-order chi connectivity index (χ1) is 18.8. The summed E-state index contributed by atoms with van der Waals surface area (Å²) in [6, 6.07) is 28.5. The van der Waals surface area contributed by atoms with Gasteiger partial charge in [-0.15, -0.1) is 12.6 Å². The maximum Gasteiger partial charge on any atom is 0.128 e. The molecule has 5 rings (SSSR count). The van der Waals surface area contributed by atoms with E-state index in [0.29, 0.717) is 12.0 Å². The number of phenols is 2. The molecule has 7 heteroatoms. The first-order valence-electron chi connectivity index (χ1n) is 13.1. The number of phenolic OH excluding ortho intramolecular Hbond substituents is 2. The fourth-order valence-corrected chi connectivity index (χ4v) is 6.01. The number of halogens is 1. The second kappa shape index (κ2) is 11.7. The lowest BCUT2D eigenvalue weighted by atomic mass is 9.91. The molecule has 1 fully saturated rings. The number of hydrogen-bond acceptors (Lipinski definition) is 6. The molecule has 1 aliphatic heterocycles. The molecule has 0 spiro atoms. The van der Waals surface area contributed by atoms with Gasteiger partial charge in [-0.25, -0.2) is 4.39 Å². The van der Waals surface area contributed by atoms with Crippen molar-refractivity contribution in [2.24, 2.45) is 0 Å². The number of benzene rings is 4. The predicted molar refractivity (Wildman–Crippen MR) is 156 cm³/mol. The van der Waals surface area contributed by atoms with Crippen molar-refractivity contribution < 1.29 is 19.7 Å². The summed E-state index contributed by atoms with van der Waals surface area (Å²) in [6.45, 7) is 0. The number of para-hydroxylation sites is 1. The topological polar surface area (TPSA) is 67.2 Å². The van der Waals surface area contributed by atoms with Crippen molar-refractivity contribution in [1.29, 1.82) is 0 Å². The van der Waals surface area contributed by atoms with Crippen molar-refractivity contribution in [3.63, 3.8) is 0 Å². The molecule has 4 atom stereocenters. The highest BCUT2D eigenvalue weighted by molar-refractivity contribution is 7.81. The lowest BCUT2D eigenvalue weighted by Crippen LogP contribution is -2.33. The van der Waals surface area contributed by atoms with E-state index in [2.05, 4.69) is 9.80 Å². The Morgan fingerprint density at radius 2 is 1.59 bits per heavy atom. The van der Waals surface area contributed by atoms with Crippen molar-refractivity contribution in [1.82, 2.24) is 4.90 Å². The van der Waals surface area contributed by atoms with E-state index >= 15 is 0 Å². The van der Waals surface area contributed by atoms with Crippen LogP contribution in [0.3, 0.4) is 0 Å². The van der Waals surface area contributed by atoms with E-state index < -0.39 is 6.10 Å². The van der Waals surface area contributed by atoms with Crippen LogP contribution >= 0.6 is 12.6 Å². The highest BCUT2D eigenvalue weighted by Gasteiger charge is 2.45. The minimum absolute atomic E-state index is 0.00523. The summed E-state index contributed by atoms with van der Waals surface area (Å²) >= 11 is 4.97. The van der Waals surface area contributed by atoms with Crippen LogP contribution in [0.1, 0.15) is 42.5 Å². The number of anilines is 1. The van der Waals surface area contributed by atoms with Gasteiger partial charge in [-0.1, -0.05) is 54.6 Å². The number of hydrogen-bond donors (Lipinski definition) is 4. The third kappa shape index (κ3) is 5.76. The Morgan fingerprint density at radius 1 is 0.872 bits per heavy atom. The first kappa shape index (κ1) is 27.1. The van der Waals surface area contributed by atoms with Crippen LogP contribution in [0.5, 0.6) is 11.5 Å². The monoisotopic (exact) mass is 544 g/mol. The Hall–Kier alpha value is -3.52. The summed E-state index contributed by atoms with van der Waals surface area (Å²) in [5.41, 5.74) is 3.89. The molecule has 4 aromatic rings. The van der Waals surface area contributed by atoms with Crippen molar-refractivity contribution in [3.05, 3.63) is 114 Å². The van der Waals surface area contributed by atoms with Gasteiger partial charge in [-0.3, -0.25) is 4.90 Å². The Morgan fingerprint density at radius 3 is 2.28 bits per heavy atom. The maximum absolute atomic E-state index is 13.3. The Kier molecular flexibility index (Phi) is 8.12. The van der Waals surface area contributed by atoms with Crippen LogP contribution in [0.15, 0.2) is 97.1 Å². The van der Waals surface area contributed by atoms with Crippen LogP contribution in [0.2, 0.25) is 0 Å². The summed E-state index contributed by atoms with van der Waals surface area (Å²) in [5.74, 6) is 0.0237. The average Bonchev–Trinajstić information content (AvgIpc) is 3.18. The molecular weight excluding hydrogens is 511 g/mol. The molecule has 0 bridgehead atoms. The van der Waals surface area contributed by atoms with E-state index in [-0.39, 0.29) is 34.9 Å². The van der Waals surface area contributed by atoms with E-state index in [1.807, 2.05) is 55.6 Å². The molecule has 4 unspecified atom stereocenters. The van der Waals surface area contributed by atoms with E-state index in [9.17, 15) is 19.7 Å². The van der Waals surface area contributed by atoms with E-state index in [0.717, 1.165) is 35.2 Å². The standard InChI is InChI=1S/C32H33FN2O3S/c1-34-28(11-6-12-29(37)21-13-16-24(33)17-14-21)31(35(32(34)39)25-8-3-2-4-9-25)27-18-15-23(20-30(27)38)22-7-5-10-26(36)19-22/h2-5,7-10,13-20,28-29,31-32,36-39H,6,11-12H2,1H3. The van der Waals surface area contributed by atoms with Crippen LogP contribution in [0.25, 0.3) is 11.1 Å². The van der Waals surface area contributed by atoms with E-state index in [1.165, 1.54) is 12.1 Å². The van der Waals surface area contributed by atoms with Crippen molar-refractivity contribution in [2.75, 3.05) is 11.9 Å². The van der Waals surface area contributed by atoms with Gasteiger partial charge in [0.2, 0.25) is 0 Å². The Labute approximate surface area is 234 Å². The van der Waals surface area contributed by atoms with Crippen molar-refractivity contribution in [2.45, 2.75) is 42.9 Å². The Balaban J connectivity index is 1.44. The van der Waals surface area contributed by atoms with Gasteiger partial charge in [0.05, 0.1) is 12.1 Å². The molecule has 0 amide bonds. The second-order valence-electron chi connectivity index (χ2n) is 10.1. The SMILES string of the molecule is CN1C(CCCC(O)c2ccc(F)cc2)C(c2ccc(-c3cccc(O)c3)cc2O)N(c2ccccc2)C1S. The molecule has 5 nitrogen and oxygen atoms in total. The van der Waals surface area contributed by atoms with E-state index in [1.54, 1.807) is 36.4 Å². The minimum atomic E-state index is -0.678. The van der Waals surface area contributed by atoms with Crippen LogP contribution in [0, 0.1) is 5.82 Å². The van der Waals surface area contributed by atoms with Gasteiger partial charge >= 0.3 is 0 Å². The fraction of sp³-hybridized carbons (Fsp3) is 0.250. The molecule has 4 aromatic carbocycles. The average molecular weight is 545 g/mol. The zero-order valence-corrected chi connectivity index (χ0v) is 22.6. The van der Waals surface area contributed by atoms with Gasteiger partial charge in [0.15, 0.2) is 0 Å².